The Morgan fingerprint density at radius 3 is 2.55 bits per heavy atom. The molecule has 1 fully saturated rings. The summed E-state index contributed by atoms with van der Waals surface area (Å²) in [4.78, 5) is 14.5. The topological polar surface area (TPSA) is 60.8 Å². The van der Waals surface area contributed by atoms with E-state index in [0.717, 1.165) is 24.2 Å². The number of carboxylic acids is 1. The molecule has 1 heterocycles. The van der Waals surface area contributed by atoms with Crippen LogP contribution in [0, 0.1) is 23.2 Å². The summed E-state index contributed by atoms with van der Waals surface area (Å²) in [5.74, 6) is 5.59. The maximum Gasteiger partial charge on any atom is 0.348 e. The first-order valence-electron chi connectivity index (χ1n) is 9.35. The van der Waals surface area contributed by atoms with Gasteiger partial charge in [-0.3, -0.25) is 0 Å². The monoisotopic (exact) mass is 451 g/mol. The number of aliphatic hydroxyl groups is 1. The van der Waals surface area contributed by atoms with E-state index >= 15 is 0 Å². The second kappa shape index (κ2) is 8.57. The standard InChI is InChI=1S/C22H23Cl2NO3S/c1-22(2,3)9-8-15-11-18(19(29-15)21(27)28)25(12-13-4-5-13)20(26)16-7-6-14(23)10-17(16)24/h6-7,10-11,13,20,26H,4-5,12H2,1-3H3,(H,27,28). The predicted molar refractivity (Wildman–Crippen MR) is 119 cm³/mol. The van der Waals surface area contributed by atoms with Crippen LogP contribution >= 0.6 is 34.5 Å². The number of hydrogen-bond donors (Lipinski definition) is 2. The van der Waals surface area contributed by atoms with E-state index < -0.39 is 12.2 Å². The van der Waals surface area contributed by atoms with Gasteiger partial charge in [0, 0.05) is 27.6 Å². The molecule has 0 bridgehead atoms. The van der Waals surface area contributed by atoms with Crippen LogP contribution in [-0.4, -0.2) is 22.7 Å². The lowest BCUT2D eigenvalue weighted by molar-refractivity contribution is 0.0702. The van der Waals surface area contributed by atoms with Gasteiger partial charge in [0.2, 0.25) is 0 Å². The Labute approximate surface area is 185 Å². The number of rotatable bonds is 6. The summed E-state index contributed by atoms with van der Waals surface area (Å²) in [5.41, 5.74) is 0.755. The molecule has 154 valence electrons. The summed E-state index contributed by atoms with van der Waals surface area (Å²) in [6.07, 6.45) is 1.03. The Morgan fingerprint density at radius 1 is 1.31 bits per heavy atom. The Kier molecular flexibility index (Phi) is 6.50. The lowest BCUT2D eigenvalue weighted by Crippen LogP contribution is -2.31. The molecule has 0 saturated heterocycles. The first-order valence-corrected chi connectivity index (χ1v) is 10.9. The summed E-state index contributed by atoms with van der Waals surface area (Å²) in [6, 6.07) is 6.65. The van der Waals surface area contributed by atoms with Crippen molar-refractivity contribution in [2.75, 3.05) is 11.4 Å². The number of thiophene rings is 1. The average molecular weight is 452 g/mol. The third-order valence-electron chi connectivity index (χ3n) is 4.46. The van der Waals surface area contributed by atoms with Gasteiger partial charge in [-0.1, -0.05) is 41.1 Å². The number of aliphatic hydroxyl groups excluding tert-OH is 1. The first-order chi connectivity index (χ1) is 13.5. The van der Waals surface area contributed by atoms with Gasteiger partial charge in [-0.25, -0.2) is 4.79 Å². The largest absolute Gasteiger partial charge is 0.477 e. The number of hydrogen-bond acceptors (Lipinski definition) is 4. The van der Waals surface area contributed by atoms with Gasteiger partial charge < -0.3 is 15.1 Å². The molecular formula is C22H23Cl2NO3S. The summed E-state index contributed by atoms with van der Waals surface area (Å²) >= 11 is 13.4. The molecular weight excluding hydrogens is 429 g/mol. The molecule has 29 heavy (non-hydrogen) atoms. The van der Waals surface area contributed by atoms with Crippen molar-refractivity contribution in [2.24, 2.45) is 11.3 Å². The van der Waals surface area contributed by atoms with Crippen LogP contribution < -0.4 is 4.90 Å². The maximum atomic E-state index is 11.9. The van der Waals surface area contributed by atoms with E-state index in [1.54, 1.807) is 29.2 Å². The molecule has 1 aromatic carbocycles. The van der Waals surface area contributed by atoms with Gasteiger partial charge in [-0.15, -0.1) is 11.3 Å². The van der Waals surface area contributed by atoms with Crippen LogP contribution in [-0.2, 0) is 0 Å². The molecule has 1 atom stereocenters. The van der Waals surface area contributed by atoms with E-state index in [0.29, 0.717) is 38.6 Å². The minimum absolute atomic E-state index is 0.160. The zero-order valence-electron chi connectivity index (χ0n) is 16.5. The summed E-state index contributed by atoms with van der Waals surface area (Å²) in [7, 11) is 0. The van der Waals surface area contributed by atoms with Crippen LogP contribution in [0.25, 0.3) is 0 Å². The quantitative estimate of drug-likeness (QED) is 0.413. The summed E-state index contributed by atoms with van der Waals surface area (Å²) in [6.45, 7) is 6.54. The van der Waals surface area contributed by atoms with Crippen molar-refractivity contribution in [3.05, 3.63) is 49.6 Å². The number of benzene rings is 1. The molecule has 0 amide bonds. The van der Waals surface area contributed by atoms with E-state index in [4.69, 9.17) is 23.2 Å². The predicted octanol–water partition coefficient (Wildman–Crippen LogP) is 6.06. The number of halogens is 2. The lowest BCUT2D eigenvalue weighted by Gasteiger charge is -2.30. The van der Waals surface area contributed by atoms with Crippen molar-refractivity contribution in [1.29, 1.82) is 0 Å². The third kappa shape index (κ3) is 5.67. The van der Waals surface area contributed by atoms with E-state index in [-0.39, 0.29) is 10.3 Å². The molecule has 0 aliphatic heterocycles. The fraction of sp³-hybridized carbons (Fsp3) is 0.409. The van der Waals surface area contributed by atoms with Crippen LogP contribution in [0.5, 0.6) is 0 Å². The maximum absolute atomic E-state index is 11.9. The van der Waals surface area contributed by atoms with Crippen molar-refractivity contribution in [2.45, 2.75) is 39.8 Å². The fourth-order valence-corrected chi connectivity index (χ4v) is 4.21. The highest BCUT2D eigenvalue weighted by Gasteiger charge is 2.32. The minimum atomic E-state index is -1.09. The van der Waals surface area contributed by atoms with Crippen LogP contribution in [0.2, 0.25) is 10.0 Å². The van der Waals surface area contributed by atoms with E-state index in [9.17, 15) is 15.0 Å². The third-order valence-corrected chi connectivity index (χ3v) is 6.05. The molecule has 1 saturated carbocycles. The minimum Gasteiger partial charge on any atom is -0.477 e. The Hall–Kier alpha value is -1.71. The van der Waals surface area contributed by atoms with Crippen molar-refractivity contribution in [1.82, 2.24) is 0 Å². The summed E-state index contributed by atoms with van der Waals surface area (Å²) in [5, 5.41) is 21.7. The fourth-order valence-electron chi connectivity index (χ4n) is 2.85. The van der Waals surface area contributed by atoms with Gasteiger partial charge in [0.05, 0.1) is 10.6 Å². The smallest absolute Gasteiger partial charge is 0.348 e. The highest BCUT2D eigenvalue weighted by atomic mass is 35.5. The van der Waals surface area contributed by atoms with Crippen LogP contribution in [0.4, 0.5) is 5.69 Å². The van der Waals surface area contributed by atoms with Crippen molar-refractivity contribution in [3.63, 3.8) is 0 Å². The molecule has 1 aliphatic rings. The van der Waals surface area contributed by atoms with Crippen LogP contribution in [0.1, 0.15) is 60.0 Å². The number of anilines is 1. The molecule has 0 radical (unpaired) electrons. The molecule has 0 spiro atoms. The van der Waals surface area contributed by atoms with Gasteiger partial charge in [0.1, 0.15) is 4.88 Å². The molecule has 1 aliphatic carbocycles. The van der Waals surface area contributed by atoms with E-state index in [2.05, 4.69) is 11.8 Å². The Morgan fingerprint density at radius 2 is 2.00 bits per heavy atom. The number of aromatic carboxylic acids is 1. The lowest BCUT2D eigenvalue weighted by atomic mass is 9.98. The zero-order chi connectivity index (χ0) is 21.3. The van der Waals surface area contributed by atoms with Gasteiger partial charge >= 0.3 is 5.97 Å². The molecule has 3 rings (SSSR count). The van der Waals surface area contributed by atoms with Crippen LogP contribution in [0.3, 0.4) is 0 Å². The molecule has 1 unspecified atom stereocenters. The molecule has 7 heteroatoms. The molecule has 1 aromatic heterocycles. The van der Waals surface area contributed by atoms with Crippen molar-refractivity contribution < 1.29 is 15.0 Å². The SMILES string of the molecule is CC(C)(C)C#Cc1cc(N(CC2CC2)C(O)c2ccc(Cl)cc2Cl)c(C(=O)O)s1. The highest BCUT2D eigenvalue weighted by Crippen LogP contribution is 2.40. The van der Waals surface area contributed by atoms with Crippen LogP contribution in [0.15, 0.2) is 24.3 Å². The van der Waals surface area contributed by atoms with Gasteiger partial charge in [0.25, 0.3) is 0 Å². The summed E-state index contributed by atoms with van der Waals surface area (Å²) < 4.78 is 0. The molecule has 2 aromatic rings. The highest BCUT2D eigenvalue weighted by molar-refractivity contribution is 7.15. The second-order valence-electron chi connectivity index (χ2n) is 8.27. The number of carboxylic acid groups (broad SMARTS) is 1. The molecule has 4 nitrogen and oxygen atoms in total. The average Bonchev–Trinajstić information content (AvgIpc) is 3.33. The Bertz CT molecular complexity index is 980. The zero-order valence-corrected chi connectivity index (χ0v) is 18.8. The van der Waals surface area contributed by atoms with Crippen molar-refractivity contribution >= 4 is 46.2 Å². The first kappa shape index (κ1) is 22.0. The molecule has 2 N–H and O–H groups in total. The van der Waals surface area contributed by atoms with Gasteiger partial charge in [-0.2, -0.15) is 0 Å². The van der Waals surface area contributed by atoms with E-state index in [1.807, 2.05) is 20.8 Å². The van der Waals surface area contributed by atoms with Gasteiger partial charge in [-0.05, 0) is 57.7 Å². The van der Waals surface area contributed by atoms with Gasteiger partial charge in [0.15, 0.2) is 6.23 Å². The Balaban J connectivity index is 2.04. The number of carbonyl (C=O) groups is 1. The van der Waals surface area contributed by atoms with Crippen molar-refractivity contribution in [3.8, 4) is 11.8 Å². The number of nitrogens with zero attached hydrogens (tertiary/aromatic N) is 1. The normalized spacial score (nSPS) is 14.8. The second-order valence-corrected chi connectivity index (χ2v) is 10.2. The van der Waals surface area contributed by atoms with E-state index in [1.165, 1.54) is 0 Å².